The van der Waals surface area contributed by atoms with Crippen LogP contribution in [0.2, 0.25) is 0 Å². The molecule has 1 amide bonds. The van der Waals surface area contributed by atoms with Crippen LogP contribution in [0.15, 0.2) is 33.3 Å². The van der Waals surface area contributed by atoms with E-state index in [2.05, 4.69) is 26.2 Å². The highest BCUT2D eigenvalue weighted by Crippen LogP contribution is 2.21. The van der Waals surface area contributed by atoms with Gasteiger partial charge in [0.05, 0.1) is 6.04 Å². The Labute approximate surface area is 120 Å². The molecule has 0 fully saturated rings. The van der Waals surface area contributed by atoms with Gasteiger partial charge in [-0.15, -0.1) is 0 Å². The van der Waals surface area contributed by atoms with Gasteiger partial charge in [-0.1, -0.05) is 0 Å². The SMILES string of the molecule is Cc1cc(C(C)NC(=O)c2ccc(Br)cn2)c(C)o1. The zero-order valence-corrected chi connectivity index (χ0v) is 12.6. The third-order valence-corrected chi connectivity index (χ3v) is 3.32. The topological polar surface area (TPSA) is 55.1 Å². The summed E-state index contributed by atoms with van der Waals surface area (Å²) in [6, 6.07) is 5.30. The van der Waals surface area contributed by atoms with Crippen LogP contribution in [0.25, 0.3) is 0 Å². The van der Waals surface area contributed by atoms with Crippen molar-refractivity contribution < 1.29 is 9.21 Å². The van der Waals surface area contributed by atoms with Crippen LogP contribution in [0.1, 0.15) is 40.5 Å². The van der Waals surface area contributed by atoms with Crippen molar-refractivity contribution in [2.75, 3.05) is 0 Å². The molecule has 0 aliphatic rings. The van der Waals surface area contributed by atoms with Crippen LogP contribution in [0.3, 0.4) is 0 Å². The van der Waals surface area contributed by atoms with Crippen molar-refractivity contribution in [3.8, 4) is 0 Å². The van der Waals surface area contributed by atoms with Crippen molar-refractivity contribution in [1.29, 1.82) is 0 Å². The molecule has 1 N–H and O–H groups in total. The summed E-state index contributed by atoms with van der Waals surface area (Å²) in [6.07, 6.45) is 1.60. The Morgan fingerprint density at radius 2 is 2.16 bits per heavy atom. The van der Waals surface area contributed by atoms with Crippen LogP contribution >= 0.6 is 15.9 Å². The largest absolute Gasteiger partial charge is 0.466 e. The number of rotatable bonds is 3. The second-order valence-corrected chi connectivity index (χ2v) is 5.34. The number of carbonyl (C=O) groups is 1. The summed E-state index contributed by atoms with van der Waals surface area (Å²) in [5.41, 5.74) is 1.39. The maximum absolute atomic E-state index is 12.0. The molecule has 4 nitrogen and oxygen atoms in total. The molecule has 0 spiro atoms. The van der Waals surface area contributed by atoms with E-state index in [1.165, 1.54) is 0 Å². The van der Waals surface area contributed by atoms with Crippen LogP contribution in [-0.2, 0) is 0 Å². The van der Waals surface area contributed by atoms with Crippen molar-refractivity contribution >= 4 is 21.8 Å². The second kappa shape index (κ2) is 5.57. The number of pyridine rings is 1. The van der Waals surface area contributed by atoms with Crippen molar-refractivity contribution in [3.63, 3.8) is 0 Å². The van der Waals surface area contributed by atoms with Gasteiger partial charge in [0, 0.05) is 16.2 Å². The molecule has 1 atom stereocenters. The Kier molecular flexibility index (Phi) is 4.04. The van der Waals surface area contributed by atoms with Gasteiger partial charge in [0.1, 0.15) is 17.2 Å². The van der Waals surface area contributed by atoms with Gasteiger partial charge >= 0.3 is 0 Å². The molecule has 100 valence electrons. The van der Waals surface area contributed by atoms with E-state index in [1.807, 2.05) is 26.8 Å². The maximum atomic E-state index is 12.0. The van der Waals surface area contributed by atoms with Crippen molar-refractivity contribution in [1.82, 2.24) is 10.3 Å². The zero-order chi connectivity index (χ0) is 14.0. The minimum atomic E-state index is -0.196. The molecule has 2 heterocycles. The minimum Gasteiger partial charge on any atom is -0.466 e. The second-order valence-electron chi connectivity index (χ2n) is 4.43. The number of hydrogen-bond acceptors (Lipinski definition) is 3. The summed E-state index contributed by atoms with van der Waals surface area (Å²) < 4.78 is 6.31. The van der Waals surface area contributed by atoms with Crippen LogP contribution in [0.5, 0.6) is 0 Å². The van der Waals surface area contributed by atoms with Crippen LogP contribution in [-0.4, -0.2) is 10.9 Å². The summed E-state index contributed by atoms with van der Waals surface area (Å²) in [5, 5.41) is 2.91. The molecule has 2 rings (SSSR count). The first kappa shape index (κ1) is 13.8. The Balaban J connectivity index is 2.10. The molecule has 0 aromatic carbocycles. The summed E-state index contributed by atoms with van der Waals surface area (Å²) in [7, 11) is 0. The molecular formula is C14H15BrN2O2. The lowest BCUT2D eigenvalue weighted by atomic mass is 10.1. The third-order valence-electron chi connectivity index (χ3n) is 2.85. The molecule has 19 heavy (non-hydrogen) atoms. The molecule has 2 aromatic rings. The molecule has 0 saturated carbocycles. The van der Waals surface area contributed by atoms with Gasteiger partial charge in [0.15, 0.2) is 0 Å². The van der Waals surface area contributed by atoms with Crippen molar-refractivity contribution in [2.24, 2.45) is 0 Å². The van der Waals surface area contributed by atoms with Gasteiger partial charge in [-0.05, 0) is 54.9 Å². The first-order chi connectivity index (χ1) is 8.97. The lowest BCUT2D eigenvalue weighted by Gasteiger charge is -2.12. The van der Waals surface area contributed by atoms with E-state index in [-0.39, 0.29) is 11.9 Å². The Hall–Kier alpha value is -1.62. The fourth-order valence-electron chi connectivity index (χ4n) is 1.94. The van der Waals surface area contributed by atoms with E-state index in [0.29, 0.717) is 5.69 Å². The van der Waals surface area contributed by atoms with Gasteiger partial charge in [0.2, 0.25) is 0 Å². The molecule has 0 aliphatic carbocycles. The van der Waals surface area contributed by atoms with E-state index in [1.54, 1.807) is 18.3 Å². The maximum Gasteiger partial charge on any atom is 0.270 e. The quantitative estimate of drug-likeness (QED) is 0.940. The third kappa shape index (κ3) is 3.23. The van der Waals surface area contributed by atoms with Gasteiger partial charge in [-0.25, -0.2) is 4.98 Å². The average molecular weight is 323 g/mol. The van der Waals surface area contributed by atoms with Gasteiger partial charge in [-0.2, -0.15) is 0 Å². The summed E-state index contributed by atoms with van der Waals surface area (Å²) in [6.45, 7) is 5.71. The summed E-state index contributed by atoms with van der Waals surface area (Å²) in [5.74, 6) is 1.47. The van der Waals surface area contributed by atoms with E-state index in [4.69, 9.17) is 4.42 Å². The predicted molar refractivity (Wildman–Crippen MR) is 76.0 cm³/mol. The number of furan rings is 1. The molecule has 1 unspecified atom stereocenters. The molecule has 5 heteroatoms. The summed E-state index contributed by atoms with van der Waals surface area (Å²) in [4.78, 5) is 16.1. The minimum absolute atomic E-state index is 0.115. The van der Waals surface area contributed by atoms with Crippen molar-refractivity contribution in [3.05, 3.63) is 51.6 Å². The first-order valence-corrected chi connectivity index (χ1v) is 6.76. The number of halogens is 1. The number of nitrogens with zero attached hydrogens (tertiary/aromatic N) is 1. The Bertz CT molecular complexity index is 590. The molecule has 0 bridgehead atoms. The first-order valence-electron chi connectivity index (χ1n) is 5.96. The molecular weight excluding hydrogens is 308 g/mol. The predicted octanol–water partition coefficient (Wildman–Crippen LogP) is 3.54. The fraction of sp³-hybridized carbons (Fsp3) is 0.286. The van der Waals surface area contributed by atoms with Crippen molar-refractivity contribution in [2.45, 2.75) is 26.8 Å². The number of amides is 1. The monoisotopic (exact) mass is 322 g/mol. The van der Waals surface area contributed by atoms with Gasteiger partial charge in [0.25, 0.3) is 5.91 Å². The fourth-order valence-corrected chi connectivity index (χ4v) is 2.17. The number of nitrogens with one attached hydrogen (secondary N) is 1. The molecule has 0 aliphatic heterocycles. The van der Waals surface area contributed by atoms with Crippen LogP contribution in [0.4, 0.5) is 0 Å². The van der Waals surface area contributed by atoms with E-state index >= 15 is 0 Å². The Morgan fingerprint density at radius 3 is 2.68 bits per heavy atom. The normalized spacial score (nSPS) is 12.2. The molecule has 2 aromatic heterocycles. The van der Waals surface area contributed by atoms with E-state index < -0.39 is 0 Å². The lowest BCUT2D eigenvalue weighted by Crippen LogP contribution is -2.27. The number of hydrogen-bond donors (Lipinski definition) is 1. The molecule has 0 saturated heterocycles. The van der Waals surface area contributed by atoms with E-state index in [0.717, 1.165) is 21.6 Å². The number of carbonyl (C=O) groups excluding carboxylic acids is 1. The van der Waals surface area contributed by atoms with Gasteiger partial charge in [-0.3, -0.25) is 4.79 Å². The Morgan fingerprint density at radius 1 is 1.42 bits per heavy atom. The number of aryl methyl sites for hydroxylation is 2. The standard InChI is InChI=1S/C14H15BrN2O2/c1-8-6-12(10(3)19-8)9(2)17-14(18)13-5-4-11(15)7-16-13/h4-7,9H,1-3H3,(H,17,18). The van der Waals surface area contributed by atoms with Crippen LogP contribution in [0, 0.1) is 13.8 Å². The zero-order valence-electron chi connectivity index (χ0n) is 11.0. The van der Waals surface area contributed by atoms with Gasteiger partial charge < -0.3 is 9.73 Å². The molecule has 0 radical (unpaired) electrons. The highest BCUT2D eigenvalue weighted by molar-refractivity contribution is 9.10. The average Bonchev–Trinajstić information content (AvgIpc) is 2.69. The smallest absolute Gasteiger partial charge is 0.270 e. The van der Waals surface area contributed by atoms with E-state index in [9.17, 15) is 4.79 Å². The summed E-state index contributed by atoms with van der Waals surface area (Å²) >= 11 is 3.29. The lowest BCUT2D eigenvalue weighted by molar-refractivity contribution is 0.0934. The van der Waals surface area contributed by atoms with Crippen LogP contribution < -0.4 is 5.32 Å². The number of aromatic nitrogens is 1. The highest BCUT2D eigenvalue weighted by Gasteiger charge is 2.16. The highest BCUT2D eigenvalue weighted by atomic mass is 79.9.